The van der Waals surface area contributed by atoms with Crippen molar-refractivity contribution in [2.45, 2.75) is 6.61 Å². The molecule has 0 aliphatic carbocycles. The molecule has 3 aromatic rings. The summed E-state index contributed by atoms with van der Waals surface area (Å²) in [5.74, 6) is 0.434. The van der Waals surface area contributed by atoms with E-state index in [-0.39, 0.29) is 5.91 Å². The van der Waals surface area contributed by atoms with Gasteiger partial charge >= 0.3 is 0 Å². The maximum Gasteiger partial charge on any atom is 0.271 e. The molecule has 0 spiro atoms. The molecule has 0 fully saturated rings. The van der Waals surface area contributed by atoms with Crippen molar-refractivity contribution in [3.8, 4) is 5.75 Å². The first kappa shape index (κ1) is 19.6. The highest BCUT2D eigenvalue weighted by atomic mass is 127. The van der Waals surface area contributed by atoms with Gasteiger partial charge in [0.05, 0.1) is 6.21 Å². The number of benzene rings is 3. The van der Waals surface area contributed by atoms with Crippen LogP contribution in [0.15, 0.2) is 82.4 Å². The van der Waals surface area contributed by atoms with Crippen LogP contribution in [0.2, 0.25) is 0 Å². The Hall–Kier alpha value is -2.19. The molecule has 0 aliphatic rings. The van der Waals surface area contributed by atoms with Crippen LogP contribution in [0.5, 0.6) is 5.75 Å². The zero-order valence-corrected chi connectivity index (χ0v) is 18.0. The van der Waals surface area contributed by atoms with E-state index in [1.807, 2.05) is 48.5 Å². The van der Waals surface area contributed by atoms with E-state index in [9.17, 15) is 4.79 Å². The number of hydrogen-bond donors (Lipinski definition) is 1. The zero-order valence-electron chi connectivity index (χ0n) is 14.2. The molecular formula is C21H16BrIN2O2. The van der Waals surface area contributed by atoms with Crippen LogP contribution >= 0.6 is 38.5 Å². The Balaban J connectivity index is 1.53. The summed E-state index contributed by atoms with van der Waals surface area (Å²) in [6.07, 6.45) is 1.61. The molecule has 0 saturated heterocycles. The Morgan fingerprint density at radius 2 is 1.81 bits per heavy atom. The van der Waals surface area contributed by atoms with Gasteiger partial charge in [-0.15, -0.1) is 0 Å². The summed E-state index contributed by atoms with van der Waals surface area (Å²) in [6.45, 7) is 0.464. The van der Waals surface area contributed by atoms with Gasteiger partial charge in [0, 0.05) is 13.6 Å². The molecule has 0 radical (unpaired) electrons. The lowest BCUT2D eigenvalue weighted by atomic mass is 10.2. The first-order valence-electron chi connectivity index (χ1n) is 8.16. The van der Waals surface area contributed by atoms with Crippen LogP contribution in [0.4, 0.5) is 0 Å². The minimum Gasteiger partial charge on any atom is -0.489 e. The summed E-state index contributed by atoms with van der Waals surface area (Å²) in [5.41, 5.74) is 5.04. The topological polar surface area (TPSA) is 50.7 Å². The fraction of sp³-hybridized carbons (Fsp3) is 0.0476. The number of hydrogen-bond acceptors (Lipinski definition) is 3. The molecule has 6 heteroatoms. The van der Waals surface area contributed by atoms with Gasteiger partial charge in [0.2, 0.25) is 0 Å². The summed E-state index contributed by atoms with van der Waals surface area (Å²) in [5, 5.41) is 3.99. The van der Waals surface area contributed by atoms with Gasteiger partial charge in [0.15, 0.2) is 0 Å². The fourth-order valence-corrected chi connectivity index (χ4v) is 3.08. The lowest BCUT2D eigenvalue weighted by Gasteiger charge is -2.07. The van der Waals surface area contributed by atoms with Crippen molar-refractivity contribution in [2.75, 3.05) is 0 Å². The molecular weight excluding hydrogens is 519 g/mol. The van der Waals surface area contributed by atoms with Gasteiger partial charge in [-0.25, -0.2) is 5.43 Å². The van der Waals surface area contributed by atoms with Gasteiger partial charge in [-0.2, -0.15) is 5.10 Å². The molecule has 0 aliphatic heterocycles. The van der Waals surface area contributed by atoms with Gasteiger partial charge in [-0.3, -0.25) is 4.79 Å². The van der Waals surface area contributed by atoms with E-state index in [0.29, 0.717) is 17.9 Å². The van der Waals surface area contributed by atoms with Crippen molar-refractivity contribution < 1.29 is 9.53 Å². The van der Waals surface area contributed by atoms with E-state index < -0.39 is 0 Å². The number of halogens is 2. The summed E-state index contributed by atoms with van der Waals surface area (Å²) in [6, 6.07) is 22.8. The molecule has 4 nitrogen and oxygen atoms in total. The number of hydrazone groups is 1. The molecule has 1 amide bonds. The number of rotatable bonds is 6. The molecule has 27 heavy (non-hydrogen) atoms. The van der Waals surface area contributed by atoms with Crippen molar-refractivity contribution in [3.05, 3.63) is 97.5 Å². The fourth-order valence-electron chi connectivity index (χ4n) is 2.27. The predicted octanol–water partition coefficient (Wildman–Crippen LogP) is 5.40. The molecule has 0 aromatic heterocycles. The monoisotopic (exact) mass is 534 g/mol. The smallest absolute Gasteiger partial charge is 0.271 e. The minimum absolute atomic E-state index is 0.268. The van der Waals surface area contributed by atoms with Gasteiger partial charge in [-0.1, -0.05) is 40.2 Å². The van der Waals surface area contributed by atoms with E-state index in [0.717, 1.165) is 19.2 Å². The maximum atomic E-state index is 12.1. The quantitative estimate of drug-likeness (QED) is 0.261. The number of amides is 1. The first-order valence-corrected chi connectivity index (χ1v) is 10.0. The van der Waals surface area contributed by atoms with Crippen molar-refractivity contribution in [1.29, 1.82) is 0 Å². The SMILES string of the molecule is O=C(N/N=C/c1ccc(I)cc1)c1ccc(OCc2cccc(Br)c2)cc1. The van der Waals surface area contributed by atoms with Crippen LogP contribution in [0.25, 0.3) is 0 Å². The van der Waals surface area contributed by atoms with Crippen LogP contribution in [-0.2, 0) is 6.61 Å². The van der Waals surface area contributed by atoms with Gasteiger partial charge in [-0.05, 0) is 82.2 Å². The van der Waals surface area contributed by atoms with Crippen LogP contribution in [0, 0.1) is 3.57 Å². The Bertz CT molecular complexity index is 941. The van der Waals surface area contributed by atoms with Crippen molar-refractivity contribution in [1.82, 2.24) is 5.43 Å². The third-order valence-corrected chi connectivity index (χ3v) is 4.87. The largest absolute Gasteiger partial charge is 0.489 e. The van der Waals surface area contributed by atoms with Gasteiger partial charge in [0.1, 0.15) is 12.4 Å². The van der Waals surface area contributed by atoms with Gasteiger partial charge in [0.25, 0.3) is 5.91 Å². The molecule has 3 aromatic carbocycles. The highest BCUT2D eigenvalue weighted by molar-refractivity contribution is 14.1. The Morgan fingerprint density at radius 1 is 1.07 bits per heavy atom. The van der Waals surface area contributed by atoms with E-state index in [1.165, 1.54) is 0 Å². The Labute approximate surface area is 179 Å². The number of ether oxygens (including phenoxy) is 1. The lowest BCUT2D eigenvalue weighted by molar-refractivity contribution is 0.0955. The molecule has 0 unspecified atom stereocenters. The number of nitrogens with one attached hydrogen (secondary N) is 1. The summed E-state index contributed by atoms with van der Waals surface area (Å²) < 4.78 is 7.91. The zero-order chi connectivity index (χ0) is 19.1. The van der Waals surface area contributed by atoms with E-state index in [2.05, 4.69) is 49.0 Å². The van der Waals surface area contributed by atoms with Crippen molar-refractivity contribution in [3.63, 3.8) is 0 Å². The van der Waals surface area contributed by atoms with E-state index >= 15 is 0 Å². The third-order valence-electron chi connectivity index (χ3n) is 3.66. The van der Waals surface area contributed by atoms with Crippen LogP contribution < -0.4 is 10.2 Å². The number of carbonyl (C=O) groups excluding carboxylic acids is 1. The Kier molecular flexibility index (Phi) is 7.00. The second-order valence-corrected chi connectivity index (χ2v) is 7.85. The molecule has 0 saturated carbocycles. The van der Waals surface area contributed by atoms with Crippen LogP contribution in [0.1, 0.15) is 21.5 Å². The normalized spacial score (nSPS) is 10.7. The van der Waals surface area contributed by atoms with Crippen LogP contribution in [0.3, 0.4) is 0 Å². The number of carbonyl (C=O) groups is 1. The molecule has 136 valence electrons. The lowest BCUT2D eigenvalue weighted by Crippen LogP contribution is -2.17. The first-order chi connectivity index (χ1) is 13.1. The summed E-state index contributed by atoms with van der Waals surface area (Å²) >= 11 is 5.68. The van der Waals surface area contributed by atoms with E-state index in [1.54, 1.807) is 30.5 Å². The standard InChI is InChI=1S/C21H16BrIN2O2/c22-18-3-1-2-16(12-18)14-27-20-10-6-17(7-11-20)21(26)25-24-13-15-4-8-19(23)9-5-15/h1-13H,14H2,(H,25,26)/b24-13+. The molecule has 1 N–H and O–H groups in total. The minimum atomic E-state index is -0.268. The second-order valence-electron chi connectivity index (χ2n) is 5.69. The molecule has 0 bridgehead atoms. The highest BCUT2D eigenvalue weighted by Crippen LogP contribution is 2.16. The molecule has 0 heterocycles. The Morgan fingerprint density at radius 3 is 2.52 bits per heavy atom. The second kappa shape index (κ2) is 9.66. The average molecular weight is 535 g/mol. The molecule has 3 rings (SSSR count). The average Bonchev–Trinajstić information content (AvgIpc) is 2.68. The van der Waals surface area contributed by atoms with E-state index in [4.69, 9.17) is 4.74 Å². The predicted molar refractivity (Wildman–Crippen MR) is 119 cm³/mol. The van der Waals surface area contributed by atoms with Crippen LogP contribution in [-0.4, -0.2) is 12.1 Å². The number of nitrogens with zero attached hydrogens (tertiary/aromatic N) is 1. The summed E-state index contributed by atoms with van der Waals surface area (Å²) in [4.78, 5) is 12.1. The molecule has 0 atom stereocenters. The highest BCUT2D eigenvalue weighted by Gasteiger charge is 2.04. The van der Waals surface area contributed by atoms with Crippen molar-refractivity contribution in [2.24, 2.45) is 5.10 Å². The van der Waals surface area contributed by atoms with Crippen molar-refractivity contribution >= 4 is 50.6 Å². The van der Waals surface area contributed by atoms with Gasteiger partial charge < -0.3 is 4.74 Å². The maximum absolute atomic E-state index is 12.1. The third kappa shape index (κ3) is 6.18. The summed E-state index contributed by atoms with van der Waals surface area (Å²) in [7, 11) is 0.